The van der Waals surface area contributed by atoms with E-state index in [1.807, 2.05) is 10.9 Å². The van der Waals surface area contributed by atoms with Gasteiger partial charge in [0.15, 0.2) is 5.82 Å². The molecule has 2 rings (SSSR count). The molecule has 0 aliphatic rings. The second kappa shape index (κ2) is 5.08. The van der Waals surface area contributed by atoms with E-state index in [0.717, 1.165) is 18.5 Å². The Morgan fingerprint density at radius 3 is 2.83 bits per heavy atom. The Hall–Kier alpha value is -2.04. The fourth-order valence-electron chi connectivity index (χ4n) is 1.79. The lowest BCUT2D eigenvalue weighted by molar-refractivity contribution is 0.414. The Balaban J connectivity index is 2.40. The molecule has 0 fully saturated rings. The Morgan fingerprint density at radius 2 is 2.17 bits per heavy atom. The lowest BCUT2D eigenvalue weighted by atomic mass is 10.1. The molecule has 0 bridgehead atoms. The monoisotopic (exact) mass is 249 g/mol. The van der Waals surface area contributed by atoms with Crippen molar-refractivity contribution in [3.63, 3.8) is 0 Å². The summed E-state index contributed by atoms with van der Waals surface area (Å²) in [6, 6.07) is 3.11. The van der Waals surface area contributed by atoms with Gasteiger partial charge in [0.25, 0.3) is 0 Å². The molecule has 0 unspecified atom stereocenters. The van der Waals surface area contributed by atoms with Gasteiger partial charge in [0, 0.05) is 18.3 Å². The summed E-state index contributed by atoms with van der Waals surface area (Å²) < 4.78 is 20.5. The quantitative estimate of drug-likeness (QED) is 0.847. The molecule has 96 valence electrons. The van der Waals surface area contributed by atoms with Crippen LogP contribution < -0.4 is 10.5 Å². The van der Waals surface area contributed by atoms with Crippen molar-refractivity contribution < 1.29 is 9.13 Å². The first-order valence-electron chi connectivity index (χ1n) is 5.81. The summed E-state index contributed by atoms with van der Waals surface area (Å²) in [5.74, 6) is -0.138. The third-order valence-electron chi connectivity index (χ3n) is 2.73. The van der Waals surface area contributed by atoms with E-state index in [4.69, 9.17) is 10.5 Å². The molecule has 1 heterocycles. The average Bonchev–Trinajstić information content (AvgIpc) is 2.81. The summed E-state index contributed by atoms with van der Waals surface area (Å²) in [7, 11) is 1.47. The highest BCUT2D eigenvalue weighted by Gasteiger charge is 2.10. The molecule has 0 atom stereocenters. The normalized spacial score (nSPS) is 10.6. The van der Waals surface area contributed by atoms with E-state index in [0.29, 0.717) is 11.3 Å². The topological polar surface area (TPSA) is 53.1 Å². The number of anilines is 1. The molecule has 4 nitrogen and oxygen atoms in total. The van der Waals surface area contributed by atoms with Crippen LogP contribution in [0.2, 0.25) is 0 Å². The predicted octanol–water partition coefficient (Wildman–Crippen LogP) is 2.69. The van der Waals surface area contributed by atoms with Gasteiger partial charge >= 0.3 is 0 Å². The second-order valence-corrected chi connectivity index (χ2v) is 4.07. The molecule has 0 aliphatic carbocycles. The second-order valence-electron chi connectivity index (χ2n) is 4.07. The number of nitrogen functional groups attached to an aromatic ring is 1. The van der Waals surface area contributed by atoms with Crippen LogP contribution in [-0.2, 0) is 6.54 Å². The van der Waals surface area contributed by atoms with Crippen molar-refractivity contribution in [2.24, 2.45) is 0 Å². The van der Waals surface area contributed by atoms with E-state index < -0.39 is 5.82 Å². The van der Waals surface area contributed by atoms with Crippen LogP contribution >= 0.6 is 0 Å². The van der Waals surface area contributed by atoms with Gasteiger partial charge in [-0.2, -0.15) is 5.10 Å². The number of halogens is 1. The number of aromatic nitrogens is 2. The summed E-state index contributed by atoms with van der Waals surface area (Å²) in [4.78, 5) is 0. The van der Waals surface area contributed by atoms with Gasteiger partial charge in [-0.3, -0.25) is 4.68 Å². The summed E-state index contributed by atoms with van der Waals surface area (Å²) in [6.45, 7) is 2.92. The van der Waals surface area contributed by atoms with Crippen LogP contribution in [0.3, 0.4) is 0 Å². The SMILES string of the molecule is CCCn1cc(-c2cc(F)c(N)c(OC)c2)cn1. The predicted molar refractivity (Wildman–Crippen MR) is 68.9 cm³/mol. The van der Waals surface area contributed by atoms with Gasteiger partial charge in [-0.1, -0.05) is 6.92 Å². The minimum Gasteiger partial charge on any atom is -0.494 e. The lowest BCUT2D eigenvalue weighted by Crippen LogP contribution is -1.97. The van der Waals surface area contributed by atoms with Crippen LogP contribution in [0.25, 0.3) is 11.1 Å². The summed E-state index contributed by atoms with van der Waals surface area (Å²) in [6.07, 6.45) is 4.59. The molecule has 0 radical (unpaired) electrons. The molecule has 18 heavy (non-hydrogen) atoms. The summed E-state index contributed by atoms with van der Waals surface area (Å²) in [5, 5.41) is 4.21. The third-order valence-corrected chi connectivity index (χ3v) is 2.73. The fourth-order valence-corrected chi connectivity index (χ4v) is 1.79. The highest BCUT2D eigenvalue weighted by molar-refractivity contribution is 5.69. The molecule has 0 amide bonds. The van der Waals surface area contributed by atoms with Crippen molar-refractivity contribution >= 4 is 5.69 Å². The first kappa shape index (κ1) is 12.4. The maximum absolute atomic E-state index is 13.6. The maximum Gasteiger partial charge on any atom is 0.150 e. The van der Waals surface area contributed by atoms with Gasteiger partial charge < -0.3 is 10.5 Å². The van der Waals surface area contributed by atoms with E-state index in [9.17, 15) is 4.39 Å². The number of nitrogens with two attached hydrogens (primary N) is 1. The zero-order valence-electron chi connectivity index (χ0n) is 10.5. The molecular weight excluding hydrogens is 233 g/mol. The molecule has 5 heteroatoms. The number of rotatable bonds is 4. The van der Waals surface area contributed by atoms with Crippen molar-refractivity contribution in [1.82, 2.24) is 9.78 Å². The molecule has 0 saturated carbocycles. The van der Waals surface area contributed by atoms with Crippen LogP contribution in [0.1, 0.15) is 13.3 Å². The maximum atomic E-state index is 13.6. The fraction of sp³-hybridized carbons (Fsp3) is 0.308. The zero-order chi connectivity index (χ0) is 13.1. The van der Waals surface area contributed by atoms with Gasteiger partial charge in [0.1, 0.15) is 11.4 Å². The Bertz CT molecular complexity index is 551. The van der Waals surface area contributed by atoms with Gasteiger partial charge in [-0.05, 0) is 24.1 Å². The minimum atomic E-state index is -0.479. The van der Waals surface area contributed by atoms with Crippen molar-refractivity contribution in [3.05, 3.63) is 30.3 Å². The van der Waals surface area contributed by atoms with E-state index >= 15 is 0 Å². The first-order valence-corrected chi connectivity index (χ1v) is 5.81. The van der Waals surface area contributed by atoms with Crippen molar-refractivity contribution in [1.29, 1.82) is 0 Å². The molecule has 1 aromatic heterocycles. The van der Waals surface area contributed by atoms with Gasteiger partial charge in [-0.15, -0.1) is 0 Å². The van der Waals surface area contributed by atoms with E-state index in [2.05, 4.69) is 12.0 Å². The Labute approximate surface area is 105 Å². The van der Waals surface area contributed by atoms with Gasteiger partial charge in [0.2, 0.25) is 0 Å². The van der Waals surface area contributed by atoms with Gasteiger partial charge in [-0.25, -0.2) is 4.39 Å². The molecule has 2 N–H and O–H groups in total. The van der Waals surface area contributed by atoms with E-state index in [1.54, 1.807) is 12.3 Å². The van der Waals surface area contributed by atoms with Crippen LogP contribution in [0.15, 0.2) is 24.5 Å². The molecule has 1 aromatic carbocycles. The number of hydrogen-bond acceptors (Lipinski definition) is 3. The number of ether oxygens (including phenoxy) is 1. The van der Waals surface area contributed by atoms with Crippen LogP contribution in [0.5, 0.6) is 5.75 Å². The number of benzene rings is 1. The molecule has 0 saturated heterocycles. The molecular formula is C13H16FN3O. The lowest BCUT2D eigenvalue weighted by Gasteiger charge is -2.07. The Kier molecular flexibility index (Phi) is 3.50. The minimum absolute atomic E-state index is 0.0298. The first-order chi connectivity index (χ1) is 8.65. The van der Waals surface area contributed by atoms with Crippen LogP contribution in [0.4, 0.5) is 10.1 Å². The van der Waals surface area contributed by atoms with Gasteiger partial charge in [0.05, 0.1) is 13.3 Å². The average molecular weight is 249 g/mol. The highest BCUT2D eigenvalue weighted by Crippen LogP contribution is 2.31. The highest BCUT2D eigenvalue weighted by atomic mass is 19.1. The number of methoxy groups -OCH3 is 1. The number of nitrogens with zero attached hydrogens (tertiary/aromatic N) is 2. The molecule has 2 aromatic rings. The van der Waals surface area contributed by atoms with E-state index in [1.165, 1.54) is 13.2 Å². The smallest absolute Gasteiger partial charge is 0.150 e. The third kappa shape index (κ3) is 2.30. The zero-order valence-corrected chi connectivity index (χ0v) is 10.5. The van der Waals surface area contributed by atoms with Crippen molar-refractivity contribution in [2.45, 2.75) is 19.9 Å². The van der Waals surface area contributed by atoms with E-state index in [-0.39, 0.29) is 5.69 Å². The number of aryl methyl sites for hydroxylation is 1. The standard InChI is InChI=1S/C13H16FN3O/c1-3-4-17-8-10(7-16-17)9-5-11(14)13(15)12(6-9)18-2/h5-8H,3-4,15H2,1-2H3. The number of hydrogen-bond donors (Lipinski definition) is 1. The van der Waals surface area contributed by atoms with Crippen molar-refractivity contribution in [3.8, 4) is 16.9 Å². The van der Waals surface area contributed by atoms with Crippen LogP contribution in [-0.4, -0.2) is 16.9 Å². The van der Waals surface area contributed by atoms with Crippen LogP contribution in [0, 0.1) is 5.82 Å². The molecule has 0 aliphatic heterocycles. The summed E-state index contributed by atoms with van der Waals surface area (Å²) >= 11 is 0. The van der Waals surface area contributed by atoms with Crippen molar-refractivity contribution in [2.75, 3.05) is 12.8 Å². The Morgan fingerprint density at radius 1 is 1.39 bits per heavy atom. The molecule has 0 spiro atoms. The largest absolute Gasteiger partial charge is 0.494 e. The summed E-state index contributed by atoms with van der Waals surface area (Å²) in [5.41, 5.74) is 7.16.